The molecule has 0 heterocycles. The predicted molar refractivity (Wildman–Crippen MR) is 67.2 cm³/mol. The predicted octanol–water partition coefficient (Wildman–Crippen LogP) is 0.839. The van der Waals surface area contributed by atoms with Crippen LogP contribution in [0.2, 0.25) is 0 Å². The number of nitrogens with one attached hydrogen (secondary N) is 2. The molecule has 1 unspecified atom stereocenters. The Morgan fingerprint density at radius 3 is 2.53 bits per heavy atom. The molecule has 0 aliphatic heterocycles. The first-order chi connectivity index (χ1) is 8.86. The number of hydrogen-bond donors (Lipinski definition) is 3. The molecule has 8 heteroatoms. The van der Waals surface area contributed by atoms with Crippen molar-refractivity contribution in [3.05, 3.63) is 33.9 Å². The molecule has 102 valence electrons. The monoisotopic (exact) mass is 267 g/mol. The molecule has 3 N–H and O–H groups in total. The molecule has 0 radical (unpaired) electrons. The summed E-state index contributed by atoms with van der Waals surface area (Å²) in [6.45, 7) is 1.58. The number of carbonyl (C=O) groups excluding carboxylic acids is 1. The van der Waals surface area contributed by atoms with Gasteiger partial charge in [0.15, 0.2) is 0 Å². The highest BCUT2D eigenvalue weighted by Gasteiger charge is 2.21. The molecule has 8 nitrogen and oxygen atoms in total. The van der Waals surface area contributed by atoms with Gasteiger partial charge in [-0.1, -0.05) is 0 Å². The summed E-state index contributed by atoms with van der Waals surface area (Å²) in [5.41, 5.74) is -0.608. The summed E-state index contributed by atoms with van der Waals surface area (Å²) in [4.78, 5) is 32.2. The van der Waals surface area contributed by atoms with Crippen LogP contribution in [0.4, 0.5) is 11.4 Å². The highest BCUT2D eigenvalue weighted by Crippen LogP contribution is 2.23. The van der Waals surface area contributed by atoms with Gasteiger partial charge in [0.25, 0.3) is 5.69 Å². The van der Waals surface area contributed by atoms with Crippen LogP contribution >= 0.6 is 0 Å². The normalized spacial score (nSPS) is 11.5. The van der Waals surface area contributed by atoms with Crippen molar-refractivity contribution in [1.82, 2.24) is 5.32 Å². The summed E-state index contributed by atoms with van der Waals surface area (Å²) < 4.78 is 0. The van der Waals surface area contributed by atoms with Crippen molar-refractivity contribution in [3.8, 4) is 0 Å². The van der Waals surface area contributed by atoms with Crippen molar-refractivity contribution in [1.29, 1.82) is 0 Å². The molecule has 0 spiro atoms. The first-order valence-electron chi connectivity index (χ1n) is 5.36. The Bertz CT molecular complexity index is 529. The lowest BCUT2D eigenvalue weighted by Gasteiger charge is -2.13. The van der Waals surface area contributed by atoms with Crippen LogP contribution in [0.15, 0.2) is 18.2 Å². The average Bonchev–Trinajstić information content (AvgIpc) is 2.37. The molecule has 0 aromatic heterocycles. The number of rotatable bonds is 5. The van der Waals surface area contributed by atoms with E-state index >= 15 is 0 Å². The van der Waals surface area contributed by atoms with E-state index in [-0.39, 0.29) is 5.91 Å². The van der Waals surface area contributed by atoms with E-state index in [1.54, 1.807) is 6.92 Å². The van der Waals surface area contributed by atoms with E-state index in [0.29, 0.717) is 5.69 Å². The molecule has 0 aliphatic carbocycles. The number of carbonyl (C=O) groups is 2. The van der Waals surface area contributed by atoms with Crippen molar-refractivity contribution < 1.29 is 19.6 Å². The number of carboxylic acid groups (broad SMARTS) is 1. The van der Waals surface area contributed by atoms with Crippen molar-refractivity contribution in [2.75, 3.05) is 12.4 Å². The van der Waals surface area contributed by atoms with Gasteiger partial charge >= 0.3 is 5.97 Å². The number of nitro groups is 1. The van der Waals surface area contributed by atoms with Crippen molar-refractivity contribution >= 4 is 23.3 Å². The summed E-state index contributed by atoms with van der Waals surface area (Å²) in [6, 6.07) is 2.97. The zero-order valence-corrected chi connectivity index (χ0v) is 10.3. The molecule has 0 bridgehead atoms. The van der Waals surface area contributed by atoms with Crippen LogP contribution in [0, 0.1) is 10.1 Å². The second-order valence-electron chi connectivity index (χ2n) is 3.77. The summed E-state index contributed by atoms with van der Waals surface area (Å²) in [7, 11) is 1.47. The molecular formula is C11H13N3O5. The van der Waals surface area contributed by atoms with Crippen molar-refractivity contribution in [2.45, 2.75) is 13.0 Å². The number of hydrogen-bond acceptors (Lipinski definition) is 5. The minimum atomic E-state index is -1.40. The van der Waals surface area contributed by atoms with Gasteiger partial charge in [-0.15, -0.1) is 0 Å². The minimum Gasteiger partial charge on any atom is -0.477 e. The topological polar surface area (TPSA) is 122 Å². The van der Waals surface area contributed by atoms with Gasteiger partial charge in [0.2, 0.25) is 5.91 Å². The fourth-order valence-corrected chi connectivity index (χ4v) is 1.49. The lowest BCUT2D eigenvalue weighted by atomic mass is 10.1. The average molecular weight is 267 g/mol. The van der Waals surface area contributed by atoms with Gasteiger partial charge in [-0.25, -0.2) is 4.79 Å². The lowest BCUT2D eigenvalue weighted by molar-refractivity contribution is -0.385. The molecule has 0 saturated carbocycles. The third-order valence-electron chi connectivity index (χ3n) is 2.45. The van der Waals surface area contributed by atoms with Crippen LogP contribution in [-0.2, 0) is 4.79 Å². The van der Waals surface area contributed by atoms with Gasteiger partial charge in [-0.2, -0.15) is 0 Å². The molecule has 1 atom stereocenters. The third-order valence-corrected chi connectivity index (χ3v) is 2.45. The maximum atomic E-state index is 11.3. The number of nitro benzene ring substituents is 1. The van der Waals surface area contributed by atoms with Crippen molar-refractivity contribution in [2.24, 2.45) is 0 Å². The maximum absolute atomic E-state index is 11.3. The van der Waals surface area contributed by atoms with Crippen LogP contribution in [0.1, 0.15) is 17.3 Å². The fourth-order valence-electron chi connectivity index (χ4n) is 1.49. The summed E-state index contributed by atoms with van der Waals surface area (Å²) in [5, 5.41) is 24.8. The van der Waals surface area contributed by atoms with E-state index in [1.165, 1.54) is 13.1 Å². The first kappa shape index (κ1) is 14.4. The first-order valence-corrected chi connectivity index (χ1v) is 5.36. The number of likely N-dealkylation sites (N-methyl/N-ethyl adjacent to an activating group) is 1. The molecule has 1 aromatic carbocycles. The summed E-state index contributed by atoms with van der Waals surface area (Å²) in [6.07, 6.45) is 0. The van der Waals surface area contributed by atoms with E-state index in [9.17, 15) is 19.7 Å². The van der Waals surface area contributed by atoms with Gasteiger partial charge in [0.05, 0.1) is 4.92 Å². The van der Waals surface area contributed by atoms with Gasteiger partial charge in [0, 0.05) is 18.8 Å². The van der Waals surface area contributed by atoms with E-state index < -0.39 is 28.2 Å². The largest absolute Gasteiger partial charge is 0.477 e. The Morgan fingerprint density at radius 2 is 2.05 bits per heavy atom. The number of amides is 1. The number of anilines is 1. The minimum absolute atomic E-state index is 0.282. The molecule has 0 aliphatic rings. The smallest absolute Gasteiger partial charge is 0.342 e. The van der Waals surface area contributed by atoms with Gasteiger partial charge < -0.3 is 15.7 Å². The number of carboxylic acids is 1. The van der Waals surface area contributed by atoms with Gasteiger partial charge in [0.1, 0.15) is 11.6 Å². The Labute approximate surface area is 108 Å². The van der Waals surface area contributed by atoms with Crippen molar-refractivity contribution in [3.63, 3.8) is 0 Å². The number of nitrogens with zero attached hydrogens (tertiary/aromatic N) is 1. The zero-order chi connectivity index (χ0) is 14.6. The van der Waals surface area contributed by atoms with Crippen LogP contribution < -0.4 is 10.6 Å². The number of benzene rings is 1. The lowest BCUT2D eigenvalue weighted by Crippen LogP contribution is -2.35. The molecule has 0 fully saturated rings. The standard InChI is InChI=1S/C11H13N3O5/c1-6(10(15)12-2)13-7-3-4-9(14(18)19)8(5-7)11(16)17/h3-6,13H,1-2H3,(H,12,15)(H,16,17). The quantitative estimate of drug-likeness (QED) is 0.536. The zero-order valence-electron chi connectivity index (χ0n) is 10.3. The molecule has 1 rings (SSSR count). The molecule has 0 saturated heterocycles. The molecule has 1 amide bonds. The Hall–Kier alpha value is -2.64. The SMILES string of the molecule is CNC(=O)C(C)Nc1ccc([N+](=O)[O-])c(C(=O)O)c1. The maximum Gasteiger partial charge on any atom is 0.342 e. The molecular weight excluding hydrogens is 254 g/mol. The van der Waals surface area contributed by atoms with E-state index in [1.807, 2.05) is 0 Å². The summed E-state index contributed by atoms with van der Waals surface area (Å²) >= 11 is 0. The van der Waals surface area contributed by atoms with E-state index in [4.69, 9.17) is 5.11 Å². The number of aromatic carboxylic acids is 1. The Morgan fingerprint density at radius 1 is 1.42 bits per heavy atom. The highest BCUT2D eigenvalue weighted by atomic mass is 16.6. The van der Waals surface area contributed by atoms with Crippen LogP contribution in [0.3, 0.4) is 0 Å². The Balaban J connectivity index is 3.06. The van der Waals surface area contributed by atoms with Gasteiger partial charge in [-0.3, -0.25) is 14.9 Å². The molecule has 1 aromatic rings. The second-order valence-corrected chi connectivity index (χ2v) is 3.77. The second kappa shape index (κ2) is 5.80. The third kappa shape index (κ3) is 3.41. The van der Waals surface area contributed by atoms with E-state index in [2.05, 4.69) is 10.6 Å². The molecule has 19 heavy (non-hydrogen) atoms. The Kier molecular flexibility index (Phi) is 4.41. The van der Waals surface area contributed by atoms with Crippen LogP contribution in [-0.4, -0.2) is 35.0 Å². The van der Waals surface area contributed by atoms with Gasteiger partial charge in [-0.05, 0) is 19.1 Å². The highest BCUT2D eigenvalue weighted by molar-refractivity contribution is 5.94. The van der Waals surface area contributed by atoms with Crippen LogP contribution in [0.5, 0.6) is 0 Å². The fraction of sp³-hybridized carbons (Fsp3) is 0.273. The summed E-state index contributed by atoms with van der Waals surface area (Å²) in [5.74, 6) is -1.68. The van der Waals surface area contributed by atoms with Crippen LogP contribution in [0.25, 0.3) is 0 Å². The van der Waals surface area contributed by atoms with E-state index in [0.717, 1.165) is 12.1 Å².